The molecule has 0 aromatic heterocycles. The number of benzene rings is 2. The lowest BCUT2D eigenvalue weighted by atomic mass is 10.2. The molecule has 4 N–H and O–H groups in total. The summed E-state index contributed by atoms with van der Waals surface area (Å²) >= 11 is 0. The number of carbonyl (C=O) groups excluding carboxylic acids is 3. The number of rotatable bonds is 14. The number of hydrogen-bond acceptors (Lipinski definition) is 6. The van der Waals surface area contributed by atoms with Crippen LogP contribution in [0.5, 0.6) is 0 Å². The monoisotopic (exact) mass is 456 g/mol. The van der Waals surface area contributed by atoms with Crippen LogP contribution >= 0.6 is 0 Å². The lowest BCUT2D eigenvalue weighted by Gasteiger charge is -2.10. The summed E-state index contributed by atoms with van der Waals surface area (Å²) in [5.41, 5.74) is 2.27. The number of amides is 3. The lowest BCUT2D eigenvalue weighted by Crippen LogP contribution is -2.26. The fourth-order valence-electron chi connectivity index (χ4n) is 2.90. The zero-order valence-corrected chi connectivity index (χ0v) is 19.1. The van der Waals surface area contributed by atoms with Crippen LogP contribution in [-0.4, -0.2) is 64.8 Å². The molecule has 0 aliphatic carbocycles. The van der Waals surface area contributed by atoms with Crippen molar-refractivity contribution in [2.24, 2.45) is 0 Å². The van der Waals surface area contributed by atoms with Gasteiger partial charge in [-0.3, -0.25) is 14.4 Å². The average molecular weight is 457 g/mol. The van der Waals surface area contributed by atoms with Crippen LogP contribution < -0.4 is 21.3 Å². The van der Waals surface area contributed by atoms with Gasteiger partial charge in [-0.1, -0.05) is 6.07 Å². The van der Waals surface area contributed by atoms with Crippen LogP contribution in [0, 0.1) is 0 Å². The van der Waals surface area contributed by atoms with E-state index in [4.69, 9.17) is 9.47 Å². The van der Waals surface area contributed by atoms with Gasteiger partial charge in [-0.05, 0) is 55.3 Å². The summed E-state index contributed by atoms with van der Waals surface area (Å²) in [6.07, 6.45) is 1.48. The van der Waals surface area contributed by atoms with E-state index in [1.807, 2.05) is 0 Å². The van der Waals surface area contributed by atoms with Crippen molar-refractivity contribution in [1.82, 2.24) is 10.6 Å². The maximum atomic E-state index is 12.3. The molecular weight excluding hydrogens is 424 g/mol. The Labute approximate surface area is 194 Å². The minimum Gasteiger partial charge on any atom is -0.385 e. The first kappa shape index (κ1) is 25.8. The Morgan fingerprint density at radius 2 is 1.36 bits per heavy atom. The van der Waals surface area contributed by atoms with Gasteiger partial charge in [-0.2, -0.15) is 0 Å². The second-order valence-electron chi connectivity index (χ2n) is 7.26. The molecule has 0 heterocycles. The normalized spacial score (nSPS) is 10.4. The first-order valence-electron chi connectivity index (χ1n) is 10.8. The van der Waals surface area contributed by atoms with Gasteiger partial charge in [0.2, 0.25) is 5.91 Å². The van der Waals surface area contributed by atoms with Gasteiger partial charge in [0.15, 0.2) is 0 Å². The van der Waals surface area contributed by atoms with Crippen LogP contribution in [-0.2, 0) is 14.3 Å². The van der Waals surface area contributed by atoms with E-state index in [-0.39, 0.29) is 24.3 Å². The van der Waals surface area contributed by atoms with Gasteiger partial charge in [0.1, 0.15) is 0 Å². The second kappa shape index (κ2) is 14.6. The Morgan fingerprint density at radius 1 is 0.758 bits per heavy atom. The molecule has 9 nitrogen and oxygen atoms in total. The summed E-state index contributed by atoms with van der Waals surface area (Å²) in [5.74, 6) is -0.600. The summed E-state index contributed by atoms with van der Waals surface area (Å²) in [6.45, 7) is 2.27. The van der Waals surface area contributed by atoms with E-state index < -0.39 is 0 Å². The Hall–Kier alpha value is -3.43. The van der Waals surface area contributed by atoms with E-state index in [0.29, 0.717) is 48.8 Å². The van der Waals surface area contributed by atoms with Gasteiger partial charge < -0.3 is 30.7 Å². The standard InChI is InChI=1S/C24H32N4O5/c1-32-14-4-12-25-23(30)18-8-10-20(11-9-18)28-22(29)17-27-21-7-3-6-19(16-21)24(31)26-13-5-15-33-2/h3,6-11,16,27H,4-5,12-15,17H2,1-2H3,(H,25,30)(H,26,31)(H,28,29). The Kier molecular flexibility index (Phi) is 11.4. The van der Waals surface area contributed by atoms with Crippen molar-refractivity contribution in [2.75, 3.05) is 57.7 Å². The molecule has 0 unspecified atom stereocenters. The summed E-state index contributed by atoms with van der Waals surface area (Å²) in [6, 6.07) is 13.6. The van der Waals surface area contributed by atoms with Crippen LogP contribution in [0.25, 0.3) is 0 Å². The molecule has 0 saturated carbocycles. The molecule has 0 atom stereocenters. The van der Waals surface area contributed by atoms with Gasteiger partial charge in [0.25, 0.3) is 11.8 Å². The van der Waals surface area contributed by atoms with Crippen molar-refractivity contribution in [3.63, 3.8) is 0 Å². The maximum Gasteiger partial charge on any atom is 0.251 e. The van der Waals surface area contributed by atoms with E-state index in [1.165, 1.54) is 0 Å². The first-order chi connectivity index (χ1) is 16.0. The molecule has 0 fully saturated rings. The highest BCUT2D eigenvalue weighted by Crippen LogP contribution is 2.12. The number of methoxy groups -OCH3 is 2. The summed E-state index contributed by atoms with van der Waals surface area (Å²) in [4.78, 5) is 36.6. The number of anilines is 2. The van der Waals surface area contributed by atoms with Crippen LogP contribution in [0.15, 0.2) is 48.5 Å². The van der Waals surface area contributed by atoms with Crippen molar-refractivity contribution >= 4 is 29.1 Å². The second-order valence-corrected chi connectivity index (χ2v) is 7.26. The van der Waals surface area contributed by atoms with Crippen molar-refractivity contribution in [3.05, 3.63) is 59.7 Å². The molecule has 2 aromatic carbocycles. The Morgan fingerprint density at radius 3 is 1.97 bits per heavy atom. The van der Waals surface area contributed by atoms with E-state index in [1.54, 1.807) is 62.8 Å². The summed E-state index contributed by atoms with van der Waals surface area (Å²) in [5, 5.41) is 11.4. The molecule has 0 aliphatic heterocycles. The van der Waals surface area contributed by atoms with Gasteiger partial charge in [-0.15, -0.1) is 0 Å². The van der Waals surface area contributed by atoms with Crippen LogP contribution in [0.1, 0.15) is 33.6 Å². The molecule has 33 heavy (non-hydrogen) atoms. The summed E-state index contributed by atoms with van der Waals surface area (Å²) < 4.78 is 9.91. The third-order valence-corrected chi connectivity index (χ3v) is 4.63. The van der Waals surface area contributed by atoms with E-state index in [9.17, 15) is 14.4 Å². The molecule has 3 amide bonds. The predicted octanol–water partition coefficient (Wildman–Crippen LogP) is 2.27. The zero-order valence-electron chi connectivity index (χ0n) is 19.1. The van der Waals surface area contributed by atoms with E-state index in [2.05, 4.69) is 21.3 Å². The van der Waals surface area contributed by atoms with E-state index in [0.717, 1.165) is 12.8 Å². The lowest BCUT2D eigenvalue weighted by molar-refractivity contribution is -0.114. The molecule has 9 heteroatoms. The molecule has 0 aliphatic rings. The predicted molar refractivity (Wildman–Crippen MR) is 128 cm³/mol. The highest BCUT2D eigenvalue weighted by Gasteiger charge is 2.08. The molecule has 0 spiro atoms. The molecule has 2 aromatic rings. The Balaban J connectivity index is 1.78. The first-order valence-corrected chi connectivity index (χ1v) is 10.8. The molecular formula is C24H32N4O5. The third kappa shape index (κ3) is 9.71. The smallest absolute Gasteiger partial charge is 0.251 e. The molecule has 0 saturated heterocycles. The van der Waals surface area contributed by atoms with Crippen molar-refractivity contribution < 1.29 is 23.9 Å². The highest BCUT2D eigenvalue weighted by molar-refractivity contribution is 5.97. The van der Waals surface area contributed by atoms with Crippen LogP contribution in [0.3, 0.4) is 0 Å². The van der Waals surface area contributed by atoms with Gasteiger partial charge in [0.05, 0.1) is 6.54 Å². The minimum absolute atomic E-state index is 0.0284. The van der Waals surface area contributed by atoms with Crippen LogP contribution in [0.4, 0.5) is 11.4 Å². The summed E-state index contributed by atoms with van der Waals surface area (Å²) in [7, 11) is 3.24. The number of ether oxygens (including phenoxy) is 2. The fraction of sp³-hybridized carbons (Fsp3) is 0.375. The fourth-order valence-corrected chi connectivity index (χ4v) is 2.90. The average Bonchev–Trinajstić information content (AvgIpc) is 2.83. The molecule has 2 rings (SSSR count). The Bertz CT molecular complexity index is 902. The quantitative estimate of drug-likeness (QED) is 0.324. The molecule has 0 bridgehead atoms. The van der Waals surface area contributed by atoms with Gasteiger partial charge >= 0.3 is 0 Å². The SMILES string of the molecule is COCCCNC(=O)c1ccc(NC(=O)CNc2cccc(C(=O)NCCCOC)c2)cc1. The van der Waals surface area contributed by atoms with Gasteiger partial charge in [0, 0.05) is 63.0 Å². The van der Waals surface area contributed by atoms with Gasteiger partial charge in [-0.25, -0.2) is 0 Å². The minimum atomic E-state index is -0.249. The molecule has 178 valence electrons. The van der Waals surface area contributed by atoms with Crippen LogP contribution in [0.2, 0.25) is 0 Å². The zero-order chi connectivity index (χ0) is 23.9. The van der Waals surface area contributed by atoms with Crippen molar-refractivity contribution in [3.8, 4) is 0 Å². The topological polar surface area (TPSA) is 118 Å². The third-order valence-electron chi connectivity index (χ3n) is 4.63. The number of carbonyl (C=O) groups is 3. The van der Waals surface area contributed by atoms with E-state index >= 15 is 0 Å². The largest absolute Gasteiger partial charge is 0.385 e. The van der Waals surface area contributed by atoms with Crippen molar-refractivity contribution in [1.29, 1.82) is 0 Å². The van der Waals surface area contributed by atoms with Crippen molar-refractivity contribution in [2.45, 2.75) is 12.8 Å². The number of hydrogen-bond donors (Lipinski definition) is 4. The highest BCUT2D eigenvalue weighted by atomic mass is 16.5. The maximum absolute atomic E-state index is 12.3. The molecule has 0 radical (unpaired) electrons. The number of nitrogens with one attached hydrogen (secondary N) is 4.